The molecule has 35 heavy (non-hydrogen) atoms. The van der Waals surface area contributed by atoms with Gasteiger partial charge in [0.2, 0.25) is 5.91 Å². The number of hydrogen-bond donors (Lipinski definition) is 1. The van der Waals surface area contributed by atoms with Crippen molar-refractivity contribution in [1.29, 1.82) is 0 Å². The van der Waals surface area contributed by atoms with Crippen LogP contribution < -0.4 is 14.4 Å². The monoisotopic (exact) mass is 515 g/mol. The van der Waals surface area contributed by atoms with Gasteiger partial charge in [0.05, 0.1) is 5.69 Å². The third-order valence-electron chi connectivity index (χ3n) is 6.28. The molecule has 4 rings (SSSR count). The van der Waals surface area contributed by atoms with E-state index < -0.39 is 24.2 Å². The Morgan fingerprint density at radius 3 is 2.46 bits per heavy atom. The summed E-state index contributed by atoms with van der Waals surface area (Å²) in [5.74, 6) is 0.0290. The number of amides is 2. The van der Waals surface area contributed by atoms with Gasteiger partial charge in [0, 0.05) is 27.1 Å². The molecule has 0 saturated carbocycles. The largest absolute Gasteiger partial charge is 0.487 e. The Hall–Kier alpha value is -2.85. The van der Waals surface area contributed by atoms with Crippen LogP contribution in [0.2, 0.25) is 25.7 Å². The van der Waals surface area contributed by atoms with Crippen LogP contribution in [0.15, 0.2) is 48.5 Å². The first-order chi connectivity index (χ1) is 16.5. The van der Waals surface area contributed by atoms with Crippen molar-refractivity contribution < 1.29 is 22.7 Å². The first-order valence-corrected chi connectivity index (χ1v) is 17.1. The van der Waals surface area contributed by atoms with E-state index in [4.69, 9.17) is 4.74 Å². The van der Waals surface area contributed by atoms with E-state index in [1.807, 2.05) is 42.5 Å². The summed E-state index contributed by atoms with van der Waals surface area (Å²) in [5.41, 5.74) is 2.23. The Bertz CT molecular complexity index is 1200. The average molecular weight is 516 g/mol. The highest BCUT2D eigenvalue weighted by atomic mass is 32.2. The molecule has 0 spiro atoms. The highest BCUT2D eigenvalue weighted by Gasteiger charge is 2.44. The minimum atomic E-state index is -4.00. The maximum absolute atomic E-state index is 13.4. The number of carbonyl (C=O) groups excluding carboxylic acids is 2. The lowest BCUT2D eigenvalue weighted by Crippen LogP contribution is -2.37. The lowest BCUT2D eigenvalue weighted by molar-refractivity contribution is -0.123. The number of carbonyl (C=O) groups is 2. The summed E-state index contributed by atoms with van der Waals surface area (Å²) in [7, 11) is -5.54. The molecule has 2 amide bonds. The summed E-state index contributed by atoms with van der Waals surface area (Å²) >= 11 is 0. The van der Waals surface area contributed by atoms with Crippen molar-refractivity contribution in [2.45, 2.75) is 57.6 Å². The normalized spacial score (nSPS) is 19.8. The van der Waals surface area contributed by atoms with Gasteiger partial charge in [0.25, 0.3) is 5.91 Å². The number of ether oxygens (including phenoxy) is 1. The molecule has 2 aliphatic rings. The summed E-state index contributed by atoms with van der Waals surface area (Å²) in [6.07, 6.45) is 1.91. The SMILES string of the molecule is C[Si](C)(C)CCN1C(=O)CN(c2ccc(C[C@@H]3CCC(=O)N3)cc2OCc2ccccc2)S1(=O)=O. The number of nitrogens with one attached hydrogen (secondary N) is 1. The van der Waals surface area contributed by atoms with Crippen LogP contribution in [0.25, 0.3) is 0 Å². The van der Waals surface area contributed by atoms with Crippen molar-refractivity contribution >= 4 is 35.8 Å². The van der Waals surface area contributed by atoms with Gasteiger partial charge in [-0.05, 0) is 42.1 Å². The lowest BCUT2D eigenvalue weighted by atomic mass is 10.0. The summed E-state index contributed by atoms with van der Waals surface area (Å²) in [4.78, 5) is 24.4. The lowest BCUT2D eigenvalue weighted by Gasteiger charge is -2.24. The predicted molar refractivity (Wildman–Crippen MR) is 138 cm³/mol. The van der Waals surface area contributed by atoms with Crippen LogP contribution >= 0.6 is 0 Å². The van der Waals surface area contributed by atoms with Gasteiger partial charge < -0.3 is 10.1 Å². The molecule has 2 aliphatic heterocycles. The molecule has 1 atom stereocenters. The fourth-order valence-corrected chi connectivity index (χ4v) is 6.88. The zero-order valence-corrected chi connectivity index (χ0v) is 22.3. The molecule has 8 nitrogen and oxygen atoms in total. The summed E-state index contributed by atoms with van der Waals surface area (Å²) in [6, 6.07) is 15.8. The van der Waals surface area contributed by atoms with Crippen LogP contribution in [0, 0.1) is 0 Å². The van der Waals surface area contributed by atoms with Gasteiger partial charge in [-0.1, -0.05) is 56.0 Å². The van der Waals surface area contributed by atoms with Crippen molar-refractivity contribution in [3.05, 3.63) is 59.7 Å². The summed E-state index contributed by atoms with van der Waals surface area (Å²) in [5, 5.41) is 2.97. The summed E-state index contributed by atoms with van der Waals surface area (Å²) < 4.78 is 35.1. The Labute approximate surface area is 208 Å². The second-order valence-electron chi connectivity index (χ2n) is 10.4. The summed E-state index contributed by atoms with van der Waals surface area (Å²) in [6.45, 7) is 6.68. The first-order valence-electron chi connectivity index (χ1n) is 12.0. The van der Waals surface area contributed by atoms with Crippen molar-refractivity contribution in [2.24, 2.45) is 0 Å². The molecule has 2 heterocycles. The molecule has 2 fully saturated rings. The van der Waals surface area contributed by atoms with E-state index in [9.17, 15) is 18.0 Å². The Morgan fingerprint density at radius 1 is 1.06 bits per heavy atom. The number of benzene rings is 2. The molecule has 2 aromatic rings. The molecular weight excluding hydrogens is 482 g/mol. The van der Waals surface area contributed by atoms with Gasteiger partial charge >= 0.3 is 10.2 Å². The molecule has 0 unspecified atom stereocenters. The van der Waals surface area contributed by atoms with E-state index in [1.165, 1.54) is 0 Å². The minimum absolute atomic E-state index is 0.0458. The molecule has 0 radical (unpaired) electrons. The highest BCUT2D eigenvalue weighted by Crippen LogP contribution is 2.36. The molecule has 0 aliphatic carbocycles. The van der Waals surface area contributed by atoms with Crippen LogP contribution in [0.3, 0.4) is 0 Å². The van der Waals surface area contributed by atoms with E-state index in [1.54, 1.807) is 6.07 Å². The van der Waals surface area contributed by atoms with Crippen molar-refractivity contribution in [3.8, 4) is 5.75 Å². The van der Waals surface area contributed by atoms with Gasteiger partial charge in [-0.3, -0.25) is 9.59 Å². The van der Waals surface area contributed by atoms with Gasteiger partial charge in [0.1, 0.15) is 18.9 Å². The van der Waals surface area contributed by atoms with E-state index in [-0.39, 0.29) is 31.6 Å². The maximum atomic E-state index is 13.4. The number of anilines is 1. The first kappa shape index (κ1) is 25.2. The number of hydrogen-bond acceptors (Lipinski definition) is 5. The van der Waals surface area contributed by atoms with E-state index in [0.717, 1.165) is 26.2 Å². The van der Waals surface area contributed by atoms with Crippen molar-refractivity contribution in [1.82, 2.24) is 9.62 Å². The van der Waals surface area contributed by atoms with Crippen LogP contribution in [-0.2, 0) is 32.8 Å². The number of nitrogens with zero attached hydrogens (tertiary/aromatic N) is 2. The van der Waals surface area contributed by atoms with Gasteiger partial charge in [0.15, 0.2) is 0 Å². The van der Waals surface area contributed by atoms with Crippen molar-refractivity contribution in [3.63, 3.8) is 0 Å². The molecule has 0 aromatic heterocycles. The third kappa shape index (κ3) is 6.05. The van der Waals surface area contributed by atoms with Crippen molar-refractivity contribution in [2.75, 3.05) is 17.4 Å². The van der Waals surface area contributed by atoms with Crippen LogP contribution in [0.1, 0.15) is 24.0 Å². The Kier molecular flexibility index (Phi) is 7.23. The zero-order valence-electron chi connectivity index (χ0n) is 20.5. The molecule has 2 saturated heterocycles. The Morgan fingerprint density at radius 2 is 1.80 bits per heavy atom. The zero-order chi connectivity index (χ0) is 25.2. The Balaban J connectivity index is 1.61. The highest BCUT2D eigenvalue weighted by molar-refractivity contribution is 7.91. The molecule has 2 aromatic carbocycles. The maximum Gasteiger partial charge on any atom is 0.329 e. The van der Waals surface area contributed by atoms with E-state index in [2.05, 4.69) is 25.0 Å². The van der Waals surface area contributed by atoms with Crippen LogP contribution in [-0.4, -0.2) is 51.7 Å². The standard InChI is InChI=1S/C25H33N3O5SSi/c1-35(2,3)14-13-27-25(30)17-28(34(27,31)32)22-11-9-20(15-21-10-12-24(29)26-21)16-23(22)33-18-19-7-5-4-6-8-19/h4-9,11,16,21H,10,12-15,17-18H2,1-3H3,(H,26,29)/t21-/m0/s1. The molecule has 0 bridgehead atoms. The fraction of sp³-hybridized carbons (Fsp3) is 0.440. The third-order valence-corrected chi connectivity index (χ3v) is 9.83. The van der Waals surface area contributed by atoms with E-state index in [0.29, 0.717) is 30.3 Å². The quantitative estimate of drug-likeness (QED) is 0.517. The van der Waals surface area contributed by atoms with Gasteiger partial charge in [-0.25, -0.2) is 8.61 Å². The molecular formula is C25H33N3O5SSi. The fourth-order valence-electron chi connectivity index (χ4n) is 4.27. The second-order valence-corrected chi connectivity index (χ2v) is 17.8. The number of rotatable bonds is 9. The smallest absolute Gasteiger partial charge is 0.329 e. The molecule has 188 valence electrons. The predicted octanol–water partition coefficient (Wildman–Crippen LogP) is 3.32. The van der Waals surface area contributed by atoms with Gasteiger partial charge in [-0.15, -0.1) is 0 Å². The second kappa shape index (κ2) is 10.0. The van der Waals surface area contributed by atoms with Crippen LogP contribution in [0.5, 0.6) is 5.75 Å². The topological polar surface area (TPSA) is 96.0 Å². The van der Waals surface area contributed by atoms with E-state index >= 15 is 0 Å². The molecule has 1 N–H and O–H groups in total. The van der Waals surface area contributed by atoms with Gasteiger partial charge in [-0.2, -0.15) is 8.42 Å². The minimum Gasteiger partial charge on any atom is -0.487 e. The van der Waals surface area contributed by atoms with Crippen LogP contribution in [0.4, 0.5) is 5.69 Å². The average Bonchev–Trinajstić information content (AvgIpc) is 3.30. The molecule has 10 heteroatoms.